The Bertz CT molecular complexity index is 2150. The first-order chi connectivity index (χ1) is 32.2. The van der Waals surface area contributed by atoms with Gasteiger partial charge in [0.05, 0.1) is 23.7 Å². The minimum atomic E-state index is -0.691. The van der Waals surface area contributed by atoms with Gasteiger partial charge in [-0.1, -0.05) is 133 Å². The van der Waals surface area contributed by atoms with E-state index in [9.17, 15) is 28.8 Å². The molecule has 12 nitrogen and oxygen atoms in total. The van der Waals surface area contributed by atoms with Gasteiger partial charge in [0, 0.05) is 86.9 Å². The van der Waals surface area contributed by atoms with E-state index in [1.807, 2.05) is 72.8 Å². The number of carbonyl (C=O) groups excluding carboxylic acids is 6. The molecular weight excluding hydrogens is 829 g/mol. The predicted octanol–water partition coefficient (Wildman–Crippen LogP) is 5.16. The van der Waals surface area contributed by atoms with Gasteiger partial charge in [-0.15, -0.1) is 0 Å². The maximum Gasteiger partial charge on any atom is 0.226 e. The zero-order chi connectivity index (χ0) is 45.3. The average Bonchev–Trinajstić information content (AvgIpc) is 4.28. The highest BCUT2D eigenvalue weighted by atomic mass is 16.2. The minimum absolute atomic E-state index is 0.00261. The summed E-state index contributed by atoms with van der Waals surface area (Å²) in [4.78, 5) is 86.0. The van der Waals surface area contributed by atoms with Gasteiger partial charge in [0.1, 0.15) is 0 Å². The van der Waals surface area contributed by atoms with E-state index in [0.717, 1.165) is 25.7 Å². The highest BCUT2D eigenvalue weighted by Gasteiger charge is 2.50. The summed E-state index contributed by atoms with van der Waals surface area (Å²) >= 11 is 0. The van der Waals surface area contributed by atoms with Crippen molar-refractivity contribution in [1.29, 1.82) is 0 Å². The van der Waals surface area contributed by atoms with Crippen molar-refractivity contribution in [2.75, 3.05) is 26.2 Å². The summed E-state index contributed by atoms with van der Waals surface area (Å²) in [5, 5.41) is 12.7. The summed E-state index contributed by atoms with van der Waals surface area (Å²) in [6.07, 6.45) is 6.63. The summed E-state index contributed by atoms with van der Waals surface area (Å²) in [6, 6.07) is 40.2. The van der Waals surface area contributed by atoms with Gasteiger partial charge in [0.25, 0.3) is 0 Å². The molecule has 2 saturated heterocycles. The Morgan fingerprint density at radius 2 is 0.606 bits per heavy atom. The molecule has 12 atom stereocenters. The second kappa shape index (κ2) is 18.7. The Balaban J connectivity index is 0.748. The smallest absolute Gasteiger partial charge is 0.226 e. The number of benzene rings is 4. The number of hydrogen-bond donors (Lipinski definition) is 4. The molecule has 0 aromatic heterocycles. The number of hydrogen-bond acceptors (Lipinski definition) is 6. The molecular formula is C54H58N6O6. The van der Waals surface area contributed by atoms with Crippen LogP contribution in [0.25, 0.3) is 0 Å². The molecule has 4 aromatic rings. The first-order valence-corrected chi connectivity index (χ1v) is 23.8. The summed E-state index contributed by atoms with van der Waals surface area (Å²) < 4.78 is 0. The quantitative estimate of drug-likeness (QED) is 0.114. The zero-order valence-electron chi connectivity index (χ0n) is 37.0. The number of amides is 6. The van der Waals surface area contributed by atoms with Crippen molar-refractivity contribution in [3.8, 4) is 0 Å². The topological polar surface area (TPSA) is 157 Å². The highest BCUT2D eigenvalue weighted by molar-refractivity contribution is 5.92. The largest absolute Gasteiger partial charge is 0.352 e. The van der Waals surface area contributed by atoms with E-state index in [4.69, 9.17) is 0 Å². The summed E-state index contributed by atoms with van der Waals surface area (Å²) in [6.45, 7) is 0.522. The fourth-order valence-corrected chi connectivity index (χ4v) is 10.6. The van der Waals surface area contributed by atoms with Crippen LogP contribution in [0, 0.1) is 23.7 Å². The molecule has 12 heteroatoms. The van der Waals surface area contributed by atoms with Crippen LogP contribution in [-0.4, -0.2) is 95.6 Å². The molecule has 6 fully saturated rings. The van der Waals surface area contributed by atoms with Crippen LogP contribution in [0.3, 0.4) is 0 Å². The average molecular weight is 887 g/mol. The molecule has 4 aromatic carbocycles. The number of likely N-dealkylation sites (tertiary alicyclic amines) is 2. The van der Waals surface area contributed by atoms with E-state index in [1.54, 1.807) is 22.0 Å². The van der Waals surface area contributed by atoms with Gasteiger partial charge in [0.15, 0.2) is 0 Å². The van der Waals surface area contributed by atoms with Crippen LogP contribution in [0.5, 0.6) is 0 Å². The Morgan fingerprint density at radius 3 is 0.833 bits per heavy atom. The molecule has 2 aliphatic heterocycles. The third kappa shape index (κ3) is 9.83. The molecule has 66 heavy (non-hydrogen) atoms. The Morgan fingerprint density at radius 1 is 0.379 bits per heavy atom. The lowest BCUT2D eigenvalue weighted by molar-refractivity contribution is -0.133. The van der Waals surface area contributed by atoms with Gasteiger partial charge in [0.2, 0.25) is 35.4 Å². The number of nitrogens with one attached hydrogen (secondary N) is 4. The van der Waals surface area contributed by atoms with Gasteiger partial charge >= 0.3 is 0 Å². The van der Waals surface area contributed by atoms with Gasteiger partial charge in [-0.25, -0.2) is 0 Å². The number of rotatable bonds is 16. The van der Waals surface area contributed by atoms with Gasteiger partial charge in [-0.2, -0.15) is 0 Å². The molecule has 4 saturated carbocycles. The maximum atomic E-state index is 13.9. The first kappa shape index (κ1) is 43.3. The van der Waals surface area contributed by atoms with E-state index >= 15 is 0 Å². The SMILES string of the molecule is O=C(N[C@H]1C[C@@H]1c1ccccc1)[C@@H]1CN(C(=O)C/C=C/CC(=O)N2C[C@@H](C(=O)N[C@H]3C[C@@H]3c3ccccc3)[C@H](C(=O)N[C@H]3C[C@@H]3c3ccccc3)C2)C[C@H]1C(=O)N[C@H]1C[C@@H]1c1ccccc1. The van der Waals surface area contributed by atoms with Gasteiger partial charge < -0.3 is 31.1 Å². The Hall–Kier alpha value is -6.56. The molecule has 6 aliphatic rings. The molecule has 2 heterocycles. The number of nitrogens with zero attached hydrogens (tertiary/aromatic N) is 2. The monoisotopic (exact) mass is 886 g/mol. The lowest BCUT2D eigenvalue weighted by Crippen LogP contribution is -2.43. The van der Waals surface area contributed by atoms with Crippen molar-refractivity contribution in [2.45, 2.75) is 86.4 Å². The zero-order valence-corrected chi connectivity index (χ0v) is 37.0. The normalized spacial score (nSPS) is 30.3. The summed E-state index contributed by atoms with van der Waals surface area (Å²) in [5.41, 5.74) is 4.68. The third-order valence-electron chi connectivity index (χ3n) is 14.8. The van der Waals surface area contributed by atoms with Crippen molar-refractivity contribution in [3.63, 3.8) is 0 Å². The van der Waals surface area contributed by atoms with Crippen molar-refractivity contribution in [1.82, 2.24) is 31.1 Å². The van der Waals surface area contributed by atoms with Crippen molar-refractivity contribution in [2.24, 2.45) is 23.7 Å². The van der Waals surface area contributed by atoms with Crippen molar-refractivity contribution < 1.29 is 28.8 Å². The molecule has 0 bridgehead atoms. The fraction of sp³-hybridized carbons (Fsp3) is 0.407. The fourth-order valence-electron chi connectivity index (χ4n) is 10.6. The molecule has 10 rings (SSSR count). The van der Waals surface area contributed by atoms with E-state index < -0.39 is 23.7 Å². The molecule has 4 N–H and O–H groups in total. The van der Waals surface area contributed by atoms with Crippen LogP contribution in [0.2, 0.25) is 0 Å². The van der Waals surface area contributed by atoms with E-state index in [2.05, 4.69) is 69.8 Å². The third-order valence-corrected chi connectivity index (χ3v) is 14.8. The van der Waals surface area contributed by atoms with Crippen LogP contribution >= 0.6 is 0 Å². The number of carbonyl (C=O) groups is 6. The summed E-state index contributed by atoms with van der Waals surface area (Å²) in [7, 11) is 0. The second-order valence-electron chi connectivity index (χ2n) is 19.4. The van der Waals surface area contributed by atoms with Gasteiger partial charge in [-0.3, -0.25) is 28.8 Å². The standard InChI is InChI=1S/C54H58N6O6/c61-49(59-29-41(51(63)55-45-25-37(45)33-15-5-1-6-16-33)42(30-59)52(64)56-46-26-38(46)34-17-7-2-8-18-34)23-13-14-24-50(62)60-31-43(53(65)57-47-27-39(47)35-19-9-3-10-20-35)44(32-60)54(66)58-48-28-40(48)36-21-11-4-12-22-36/h1-22,37-48H,23-32H2,(H,55,63)(H,56,64)(H,57,65)(H,58,66)/b14-13+/t37-,38-,39-,40-,41-,42-,43-,44-,45+,46+,47+,48+/m1/s1. The molecule has 340 valence electrons. The Labute approximate surface area is 386 Å². The van der Waals surface area contributed by atoms with Crippen LogP contribution in [0.15, 0.2) is 133 Å². The van der Waals surface area contributed by atoms with E-state index in [-0.39, 0.29) is 122 Å². The first-order valence-electron chi connectivity index (χ1n) is 23.8. The molecule has 0 radical (unpaired) electrons. The minimum Gasteiger partial charge on any atom is -0.352 e. The maximum absolute atomic E-state index is 13.9. The highest BCUT2D eigenvalue weighted by Crippen LogP contribution is 2.44. The second-order valence-corrected chi connectivity index (χ2v) is 19.4. The Kier molecular flexibility index (Phi) is 12.3. The molecule has 0 unspecified atom stereocenters. The lowest BCUT2D eigenvalue weighted by Gasteiger charge is -2.18. The van der Waals surface area contributed by atoms with Crippen LogP contribution < -0.4 is 21.3 Å². The lowest BCUT2D eigenvalue weighted by atomic mass is 9.94. The summed E-state index contributed by atoms with van der Waals surface area (Å²) in [5.74, 6) is -3.16. The predicted molar refractivity (Wildman–Crippen MR) is 248 cm³/mol. The molecule has 0 spiro atoms. The van der Waals surface area contributed by atoms with E-state index in [1.165, 1.54) is 22.3 Å². The van der Waals surface area contributed by atoms with Crippen molar-refractivity contribution >= 4 is 35.4 Å². The molecule has 4 aliphatic carbocycles. The van der Waals surface area contributed by atoms with E-state index in [0.29, 0.717) is 0 Å². The van der Waals surface area contributed by atoms with Crippen LogP contribution in [0.4, 0.5) is 0 Å². The van der Waals surface area contributed by atoms with Crippen molar-refractivity contribution in [3.05, 3.63) is 156 Å². The molecule has 6 amide bonds. The van der Waals surface area contributed by atoms with Gasteiger partial charge in [-0.05, 0) is 47.9 Å². The van der Waals surface area contributed by atoms with Crippen LogP contribution in [-0.2, 0) is 28.8 Å². The van der Waals surface area contributed by atoms with Crippen LogP contribution in [0.1, 0.15) is 84.5 Å².